The molecule has 5 rings (SSSR count). The summed E-state index contributed by atoms with van der Waals surface area (Å²) >= 11 is 1.34. The van der Waals surface area contributed by atoms with Gasteiger partial charge in [0.25, 0.3) is 11.8 Å². The van der Waals surface area contributed by atoms with Gasteiger partial charge in [0, 0.05) is 49.9 Å². The second kappa shape index (κ2) is 12.6. The Kier molecular flexibility index (Phi) is 8.59. The molecule has 0 radical (unpaired) electrons. The Balaban J connectivity index is 1.24. The average molecular weight is 552 g/mol. The third-order valence-corrected chi connectivity index (χ3v) is 7.19. The third kappa shape index (κ3) is 6.87. The van der Waals surface area contributed by atoms with Gasteiger partial charge < -0.3 is 34.1 Å². The van der Waals surface area contributed by atoms with Crippen LogP contribution in [0.1, 0.15) is 21.7 Å². The Morgan fingerprint density at radius 3 is 2.64 bits per heavy atom. The molecule has 2 aliphatic heterocycles. The summed E-state index contributed by atoms with van der Waals surface area (Å²) in [5, 5.41) is 4.69. The first-order valence-electron chi connectivity index (χ1n) is 12.7. The van der Waals surface area contributed by atoms with Gasteiger partial charge in [-0.05, 0) is 29.6 Å². The highest BCUT2D eigenvalue weighted by atomic mass is 32.1. The third-order valence-electron chi connectivity index (χ3n) is 6.33. The number of rotatable bonds is 10. The Bertz CT molecular complexity index is 1310. The molecule has 0 aliphatic carbocycles. The van der Waals surface area contributed by atoms with Crippen molar-refractivity contribution in [3.63, 3.8) is 0 Å². The molecule has 10 nitrogen and oxygen atoms in total. The van der Waals surface area contributed by atoms with E-state index in [2.05, 4.69) is 5.32 Å². The van der Waals surface area contributed by atoms with Gasteiger partial charge in [-0.25, -0.2) is 0 Å². The van der Waals surface area contributed by atoms with E-state index in [9.17, 15) is 14.4 Å². The van der Waals surface area contributed by atoms with Crippen molar-refractivity contribution >= 4 is 34.7 Å². The van der Waals surface area contributed by atoms with E-state index in [-0.39, 0.29) is 50.6 Å². The summed E-state index contributed by atoms with van der Waals surface area (Å²) in [5.41, 5.74) is 1.33. The number of amides is 3. The molecule has 0 saturated carbocycles. The number of morpholine rings is 1. The van der Waals surface area contributed by atoms with Gasteiger partial charge in [0.15, 0.2) is 18.1 Å². The molecule has 0 spiro atoms. The van der Waals surface area contributed by atoms with E-state index >= 15 is 0 Å². The number of benzene rings is 2. The number of carbonyl (C=O) groups excluding carboxylic acids is 3. The first kappa shape index (κ1) is 26.5. The van der Waals surface area contributed by atoms with Crippen LogP contribution in [0, 0.1) is 0 Å². The fourth-order valence-corrected chi connectivity index (χ4v) is 4.96. The van der Waals surface area contributed by atoms with Crippen LogP contribution in [0.5, 0.6) is 17.2 Å². The highest BCUT2D eigenvalue weighted by Gasteiger charge is 2.22. The van der Waals surface area contributed by atoms with Crippen molar-refractivity contribution in [3.8, 4) is 17.2 Å². The molecule has 11 heteroatoms. The Morgan fingerprint density at radius 1 is 1.00 bits per heavy atom. The smallest absolute Gasteiger partial charge is 0.264 e. The molecule has 0 bridgehead atoms. The lowest BCUT2D eigenvalue weighted by molar-refractivity contribution is -0.137. The zero-order valence-electron chi connectivity index (χ0n) is 21.3. The van der Waals surface area contributed by atoms with Crippen LogP contribution in [-0.2, 0) is 20.9 Å². The fraction of sp³-hybridized carbons (Fsp3) is 0.321. The molecule has 0 atom stereocenters. The summed E-state index contributed by atoms with van der Waals surface area (Å²) in [6.07, 6.45) is 0.0874. The lowest BCUT2D eigenvalue weighted by Crippen LogP contribution is -2.43. The van der Waals surface area contributed by atoms with Crippen LogP contribution >= 0.6 is 11.3 Å². The van der Waals surface area contributed by atoms with Crippen molar-refractivity contribution in [1.82, 2.24) is 9.80 Å². The molecule has 1 fully saturated rings. The van der Waals surface area contributed by atoms with Crippen LogP contribution < -0.4 is 19.5 Å². The molecule has 3 aromatic rings. The molecule has 1 saturated heterocycles. The summed E-state index contributed by atoms with van der Waals surface area (Å²) in [7, 11) is 0. The number of nitrogens with zero attached hydrogens (tertiary/aromatic N) is 2. The summed E-state index contributed by atoms with van der Waals surface area (Å²) in [4.78, 5) is 42.6. The van der Waals surface area contributed by atoms with Crippen LogP contribution in [0.4, 0.5) is 5.69 Å². The van der Waals surface area contributed by atoms with E-state index in [1.807, 2.05) is 29.6 Å². The number of hydrogen-bond donors (Lipinski definition) is 1. The van der Waals surface area contributed by atoms with Gasteiger partial charge in [-0.2, -0.15) is 0 Å². The number of carbonyl (C=O) groups is 3. The van der Waals surface area contributed by atoms with E-state index in [0.717, 1.165) is 5.56 Å². The predicted octanol–water partition coefficient (Wildman–Crippen LogP) is 3.39. The molecule has 2 aromatic carbocycles. The quantitative estimate of drug-likeness (QED) is 0.412. The van der Waals surface area contributed by atoms with Crippen molar-refractivity contribution in [2.75, 3.05) is 51.6 Å². The first-order valence-corrected chi connectivity index (χ1v) is 13.5. The molecule has 0 unspecified atom stereocenters. The van der Waals surface area contributed by atoms with Crippen LogP contribution in [0.3, 0.4) is 0 Å². The van der Waals surface area contributed by atoms with E-state index in [4.69, 9.17) is 18.9 Å². The van der Waals surface area contributed by atoms with Crippen molar-refractivity contribution < 1.29 is 33.3 Å². The predicted molar refractivity (Wildman–Crippen MR) is 144 cm³/mol. The molecule has 1 aromatic heterocycles. The summed E-state index contributed by atoms with van der Waals surface area (Å²) < 4.78 is 21.9. The highest BCUT2D eigenvalue weighted by Crippen LogP contribution is 2.34. The van der Waals surface area contributed by atoms with Gasteiger partial charge in [-0.1, -0.05) is 24.3 Å². The summed E-state index contributed by atoms with van der Waals surface area (Å²) in [6.45, 7) is 2.58. The largest absolute Gasteiger partial charge is 0.483 e. The zero-order chi connectivity index (χ0) is 27.0. The zero-order valence-corrected chi connectivity index (χ0v) is 22.1. The second-order valence-electron chi connectivity index (χ2n) is 8.96. The number of thiophene rings is 1. The standard InChI is InChI=1S/C28H29N3O7S/c32-26(29-21-7-8-23-24(16-21)38-19-37-23)9-10-31(28(34)25-6-3-15-39-25)17-20-4-1-2-5-22(20)36-18-27(33)30-11-13-35-14-12-30/h1-8,15-16H,9-14,17-19H2,(H,29,32). The maximum absolute atomic E-state index is 13.4. The van der Waals surface area contributed by atoms with Gasteiger partial charge in [-0.15, -0.1) is 11.3 Å². The maximum Gasteiger partial charge on any atom is 0.264 e. The minimum Gasteiger partial charge on any atom is -0.483 e. The van der Waals surface area contributed by atoms with Crippen LogP contribution in [-0.4, -0.2) is 73.8 Å². The molecule has 2 aliphatic rings. The van der Waals surface area contributed by atoms with Crippen molar-refractivity contribution in [2.45, 2.75) is 13.0 Å². The van der Waals surface area contributed by atoms with Crippen molar-refractivity contribution in [2.24, 2.45) is 0 Å². The second-order valence-corrected chi connectivity index (χ2v) is 9.91. The molecule has 3 heterocycles. The average Bonchev–Trinajstić information content (AvgIpc) is 3.67. The summed E-state index contributed by atoms with van der Waals surface area (Å²) in [6, 6.07) is 16.1. The van der Waals surface area contributed by atoms with E-state index in [1.54, 1.807) is 40.1 Å². The normalized spacial score (nSPS) is 14.1. The lowest BCUT2D eigenvalue weighted by atomic mass is 10.1. The SMILES string of the molecule is O=C(CCN(Cc1ccccc1OCC(=O)N1CCOCC1)C(=O)c1cccs1)Nc1ccc2c(c1)OCO2. The van der Waals surface area contributed by atoms with Crippen LogP contribution in [0.2, 0.25) is 0 Å². The minimum absolute atomic E-state index is 0.0874. The molecule has 1 N–H and O–H groups in total. The van der Waals surface area contributed by atoms with Crippen molar-refractivity contribution in [3.05, 3.63) is 70.4 Å². The van der Waals surface area contributed by atoms with E-state index in [1.165, 1.54) is 11.3 Å². The maximum atomic E-state index is 13.4. The number of ether oxygens (including phenoxy) is 4. The number of hydrogen-bond acceptors (Lipinski definition) is 8. The van der Waals surface area contributed by atoms with E-state index in [0.29, 0.717) is 54.1 Å². The molecule has 39 heavy (non-hydrogen) atoms. The molecular formula is C28H29N3O7S. The minimum atomic E-state index is -0.238. The number of fused-ring (bicyclic) bond motifs is 1. The lowest BCUT2D eigenvalue weighted by Gasteiger charge is -2.27. The van der Waals surface area contributed by atoms with Crippen molar-refractivity contribution in [1.29, 1.82) is 0 Å². The van der Waals surface area contributed by atoms with Gasteiger partial charge in [0.1, 0.15) is 5.75 Å². The Labute approximate surface area is 230 Å². The van der Waals surface area contributed by atoms with Gasteiger partial charge in [-0.3, -0.25) is 14.4 Å². The first-order chi connectivity index (χ1) is 19.1. The monoisotopic (exact) mass is 551 g/mol. The molecule has 204 valence electrons. The molecular weight excluding hydrogens is 522 g/mol. The number of nitrogens with one attached hydrogen (secondary N) is 1. The van der Waals surface area contributed by atoms with Gasteiger partial charge >= 0.3 is 0 Å². The van der Waals surface area contributed by atoms with E-state index < -0.39 is 0 Å². The highest BCUT2D eigenvalue weighted by molar-refractivity contribution is 7.12. The summed E-state index contributed by atoms with van der Waals surface area (Å²) in [5.74, 6) is 1.20. The number of anilines is 1. The Morgan fingerprint density at radius 2 is 1.82 bits per heavy atom. The topological polar surface area (TPSA) is 107 Å². The van der Waals surface area contributed by atoms with Crippen LogP contribution in [0.25, 0.3) is 0 Å². The number of para-hydroxylation sites is 1. The Hall–Kier alpha value is -4.09. The van der Waals surface area contributed by atoms with Crippen LogP contribution in [0.15, 0.2) is 60.0 Å². The van der Waals surface area contributed by atoms with Gasteiger partial charge in [0.2, 0.25) is 12.7 Å². The van der Waals surface area contributed by atoms with Gasteiger partial charge in [0.05, 0.1) is 18.1 Å². The fourth-order valence-electron chi connectivity index (χ4n) is 4.27. The molecule has 3 amide bonds.